The zero-order valence-electron chi connectivity index (χ0n) is 11.7. The minimum Gasteiger partial charge on any atom is -0.306 e. The fourth-order valence-electron chi connectivity index (χ4n) is 2.18. The summed E-state index contributed by atoms with van der Waals surface area (Å²) in [5.74, 6) is 0. The highest BCUT2D eigenvalue weighted by atomic mass is 16.6. The van der Waals surface area contributed by atoms with E-state index in [9.17, 15) is 10.1 Å². The topological polar surface area (TPSA) is 55.2 Å². The molecule has 4 heteroatoms. The van der Waals surface area contributed by atoms with Gasteiger partial charge in [-0.3, -0.25) is 10.1 Å². The van der Waals surface area contributed by atoms with Crippen molar-refractivity contribution in [2.24, 2.45) is 0 Å². The van der Waals surface area contributed by atoms with Gasteiger partial charge in [0.2, 0.25) is 0 Å². The molecule has 0 spiro atoms. The molecule has 1 atom stereocenters. The Bertz CT molecular complexity index is 597. The third kappa shape index (κ3) is 3.22. The van der Waals surface area contributed by atoms with Crippen molar-refractivity contribution in [1.82, 2.24) is 5.32 Å². The van der Waals surface area contributed by atoms with E-state index in [1.807, 2.05) is 24.3 Å². The predicted octanol–water partition coefficient (Wildman–Crippen LogP) is 3.75. The molecule has 1 unspecified atom stereocenters. The maximum absolute atomic E-state index is 10.9. The van der Waals surface area contributed by atoms with E-state index in [0.29, 0.717) is 6.54 Å². The number of hydrogen-bond donors (Lipinski definition) is 1. The lowest BCUT2D eigenvalue weighted by atomic mass is 10.1. The highest BCUT2D eigenvalue weighted by Crippen LogP contribution is 2.21. The molecule has 0 aliphatic heterocycles. The van der Waals surface area contributed by atoms with Crippen LogP contribution in [0.5, 0.6) is 0 Å². The number of benzene rings is 2. The Hall–Kier alpha value is -2.20. The molecule has 0 fully saturated rings. The average Bonchev–Trinajstić information content (AvgIpc) is 2.46. The molecule has 2 rings (SSSR count). The molecule has 2 aromatic rings. The summed E-state index contributed by atoms with van der Waals surface area (Å²) in [6.07, 6.45) is 0. The molecular formula is C16H18N2O2. The first kappa shape index (κ1) is 14.2. The number of nitro groups is 1. The molecule has 104 valence electrons. The van der Waals surface area contributed by atoms with Crippen LogP contribution in [0.3, 0.4) is 0 Å². The van der Waals surface area contributed by atoms with E-state index < -0.39 is 0 Å². The third-order valence-electron chi connectivity index (χ3n) is 3.51. The van der Waals surface area contributed by atoms with Gasteiger partial charge in [0.25, 0.3) is 5.69 Å². The van der Waals surface area contributed by atoms with Crippen molar-refractivity contribution in [2.75, 3.05) is 0 Å². The van der Waals surface area contributed by atoms with Crippen molar-refractivity contribution >= 4 is 5.69 Å². The third-order valence-corrected chi connectivity index (χ3v) is 3.51. The summed E-state index contributed by atoms with van der Waals surface area (Å²) < 4.78 is 0. The van der Waals surface area contributed by atoms with Crippen LogP contribution >= 0.6 is 0 Å². The molecule has 0 saturated heterocycles. The standard InChI is InChI=1S/C16H18N2O2/c1-12-15(9-6-10-16(12)18(19)20)11-17-13(2)14-7-4-3-5-8-14/h3-10,13,17H,11H2,1-2H3. The van der Waals surface area contributed by atoms with Gasteiger partial charge in [-0.2, -0.15) is 0 Å². The second kappa shape index (κ2) is 6.30. The van der Waals surface area contributed by atoms with Crippen LogP contribution in [-0.2, 0) is 6.54 Å². The largest absolute Gasteiger partial charge is 0.306 e. The van der Waals surface area contributed by atoms with E-state index in [2.05, 4.69) is 24.4 Å². The second-order valence-corrected chi connectivity index (χ2v) is 4.83. The Balaban J connectivity index is 2.08. The number of nitrogens with one attached hydrogen (secondary N) is 1. The molecule has 4 nitrogen and oxygen atoms in total. The van der Waals surface area contributed by atoms with E-state index in [4.69, 9.17) is 0 Å². The van der Waals surface area contributed by atoms with E-state index in [-0.39, 0.29) is 16.7 Å². The lowest BCUT2D eigenvalue weighted by molar-refractivity contribution is -0.385. The first-order valence-corrected chi connectivity index (χ1v) is 6.61. The molecule has 0 aliphatic carbocycles. The van der Waals surface area contributed by atoms with Crippen LogP contribution in [0.1, 0.15) is 29.7 Å². The summed E-state index contributed by atoms with van der Waals surface area (Å²) in [6.45, 7) is 4.49. The maximum Gasteiger partial charge on any atom is 0.272 e. The van der Waals surface area contributed by atoms with Crippen LogP contribution < -0.4 is 5.32 Å². The van der Waals surface area contributed by atoms with Crippen LogP contribution in [0.2, 0.25) is 0 Å². The second-order valence-electron chi connectivity index (χ2n) is 4.83. The van der Waals surface area contributed by atoms with Crippen molar-refractivity contribution in [1.29, 1.82) is 0 Å². The van der Waals surface area contributed by atoms with Gasteiger partial charge >= 0.3 is 0 Å². The van der Waals surface area contributed by atoms with E-state index in [1.165, 1.54) is 5.56 Å². The average molecular weight is 270 g/mol. The van der Waals surface area contributed by atoms with Crippen LogP contribution in [0.4, 0.5) is 5.69 Å². The molecule has 0 amide bonds. The number of hydrogen-bond acceptors (Lipinski definition) is 3. The van der Waals surface area contributed by atoms with Gasteiger partial charge in [0.15, 0.2) is 0 Å². The minimum absolute atomic E-state index is 0.177. The molecule has 2 aromatic carbocycles. The highest BCUT2D eigenvalue weighted by molar-refractivity contribution is 5.44. The Kier molecular flexibility index (Phi) is 4.48. The molecule has 0 heterocycles. The summed E-state index contributed by atoms with van der Waals surface area (Å²) in [5.41, 5.74) is 3.07. The molecule has 0 saturated carbocycles. The quantitative estimate of drug-likeness (QED) is 0.665. The predicted molar refractivity (Wildman–Crippen MR) is 79.5 cm³/mol. The first-order chi connectivity index (χ1) is 9.59. The Morgan fingerprint density at radius 3 is 2.50 bits per heavy atom. The molecule has 0 radical (unpaired) electrons. The number of rotatable bonds is 5. The van der Waals surface area contributed by atoms with Crippen molar-refractivity contribution in [2.45, 2.75) is 26.4 Å². The highest BCUT2D eigenvalue weighted by Gasteiger charge is 2.13. The van der Waals surface area contributed by atoms with Crippen molar-refractivity contribution in [3.63, 3.8) is 0 Å². The lowest BCUT2D eigenvalue weighted by Gasteiger charge is -2.15. The Labute approximate surface area is 118 Å². The van der Waals surface area contributed by atoms with Gasteiger partial charge in [0.05, 0.1) is 4.92 Å². The summed E-state index contributed by atoms with van der Waals surface area (Å²) in [5, 5.41) is 14.3. The van der Waals surface area contributed by atoms with E-state index in [1.54, 1.807) is 19.1 Å². The fourth-order valence-corrected chi connectivity index (χ4v) is 2.18. The smallest absolute Gasteiger partial charge is 0.272 e. The van der Waals surface area contributed by atoms with Crippen LogP contribution in [-0.4, -0.2) is 4.92 Å². The molecular weight excluding hydrogens is 252 g/mol. The van der Waals surface area contributed by atoms with Gasteiger partial charge < -0.3 is 5.32 Å². The molecule has 20 heavy (non-hydrogen) atoms. The van der Waals surface area contributed by atoms with Gasteiger partial charge in [0.1, 0.15) is 0 Å². The molecule has 0 aromatic heterocycles. The van der Waals surface area contributed by atoms with E-state index in [0.717, 1.165) is 11.1 Å². The molecule has 0 bridgehead atoms. The van der Waals surface area contributed by atoms with Gasteiger partial charge in [-0.25, -0.2) is 0 Å². The molecule has 0 aliphatic rings. The zero-order chi connectivity index (χ0) is 14.5. The number of nitrogens with zero attached hydrogens (tertiary/aromatic N) is 1. The van der Waals surface area contributed by atoms with Gasteiger partial charge in [-0.15, -0.1) is 0 Å². The zero-order valence-corrected chi connectivity index (χ0v) is 11.7. The minimum atomic E-state index is -0.334. The normalized spacial score (nSPS) is 12.1. The summed E-state index contributed by atoms with van der Waals surface area (Å²) >= 11 is 0. The SMILES string of the molecule is Cc1c(CNC(C)c2ccccc2)cccc1[N+](=O)[O-]. The van der Waals surface area contributed by atoms with Gasteiger partial charge in [-0.05, 0) is 25.0 Å². The van der Waals surface area contributed by atoms with Crippen molar-refractivity contribution in [3.8, 4) is 0 Å². The first-order valence-electron chi connectivity index (χ1n) is 6.61. The van der Waals surface area contributed by atoms with Crippen LogP contribution in [0, 0.1) is 17.0 Å². The fraction of sp³-hybridized carbons (Fsp3) is 0.250. The van der Waals surface area contributed by atoms with E-state index >= 15 is 0 Å². The maximum atomic E-state index is 10.9. The number of nitro benzene ring substituents is 1. The monoisotopic (exact) mass is 270 g/mol. The van der Waals surface area contributed by atoms with Gasteiger partial charge in [-0.1, -0.05) is 42.5 Å². The Morgan fingerprint density at radius 2 is 1.85 bits per heavy atom. The lowest BCUT2D eigenvalue weighted by Crippen LogP contribution is -2.18. The summed E-state index contributed by atoms with van der Waals surface area (Å²) in [7, 11) is 0. The Morgan fingerprint density at radius 1 is 1.15 bits per heavy atom. The summed E-state index contributed by atoms with van der Waals surface area (Å²) in [6, 6.07) is 15.5. The van der Waals surface area contributed by atoms with Crippen molar-refractivity contribution < 1.29 is 4.92 Å². The van der Waals surface area contributed by atoms with Crippen molar-refractivity contribution in [3.05, 3.63) is 75.3 Å². The van der Waals surface area contributed by atoms with Gasteiger partial charge in [0, 0.05) is 24.2 Å². The molecule has 1 N–H and O–H groups in total. The van der Waals surface area contributed by atoms with Crippen LogP contribution in [0.25, 0.3) is 0 Å². The summed E-state index contributed by atoms with van der Waals surface area (Å²) in [4.78, 5) is 10.6. The van der Waals surface area contributed by atoms with Crippen LogP contribution in [0.15, 0.2) is 48.5 Å².